The van der Waals surface area contributed by atoms with Gasteiger partial charge < -0.3 is 20.5 Å². The van der Waals surface area contributed by atoms with E-state index in [0.29, 0.717) is 12.1 Å². The van der Waals surface area contributed by atoms with Crippen molar-refractivity contribution >= 4 is 17.7 Å². The average molecular weight is 458 g/mol. The predicted octanol–water partition coefficient (Wildman–Crippen LogP) is 3.88. The number of alkyl carbamates (subject to hydrolysis) is 1. The van der Waals surface area contributed by atoms with Crippen LogP contribution in [-0.2, 0) is 22.4 Å². The van der Waals surface area contributed by atoms with E-state index in [1.54, 1.807) is 20.8 Å². The molecule has 2 aromatic carbocycles. The van der Waals surface area contributed by atoms with E-state index in [1.807, 2.05) is 18.2 Å². The number of aromatic hydroxyl groups is 1. The van der Waals surface area contributed by atoms with E-state index in [-0.39, 0.29) is 6.42 Å². The van der Waals surface area contributed by atoms with Gasteiger partial charge in [0.1, 0.15) is 11.6 Å². The highest BCUT2D eigenvalue weighted by Crippen LogP contribution is 2.26. The van der Waals surface area contributed by atoms with Crippen LogP contribution < -0.4 is 10.6 Å². The summed E-state index contributed by atoms with van der Waals surface area (Å²) in [5.41, 5.74) is 0.423. The minimum Gasteiger partial charge on any atom is -0.502 e. The van der Waals surface area contributed by atoms with Crippen LogP contribution in [0.2, 0.25) is 0 Å². The first-order chi connectivity index (χ1) is 15.5. The van der Waals surface area contributed by atoms with Crippen LogP contribution in [0.4, 0.5) is 10.5 Å². The van der Waals surface area contributed by atoms with E-state index in [9.17, 15) is 24.8 Å². The van der Waals surface area contributed by atoms with Crippen molar-refractivity contribution in [2.75, 3.05) is 6.54 Å². The Morgan fingerprint density at radius 2 is 1.79 bits per heavy atom. The Balaban J connectivity index is 2.00. The number of rotatable bonds is 10. The normalized spacial score (nSPS) is 12.0. The van der Waals surface area contributed by atoms with Crippen molar-refractivity contribution in [1.82, 2.24) is 10.6 Å². The molecule has 0 bridgehead atoms. The van der Waals surface area contributed by atoms with Gasteiger partial charge in [-0.15, -0.1) is 0 Å². The van der Waals surface area contributed by atoms with Gasteiger partial charge in [-0.05, 0) is 57.2 Å². The first kappa shape index (κ1) is 25.6. The molecule has 1 unspecified atom stereocenters. The van der Waals surface area contributed by atoms with Crippen molar-refractivity contribution in [2.45, 2.75) is 58.1 Å². The number of benzene rings is 2. The summed E-state index contributed by atoms with van der Waals surface area (Å²) in [4.78, 5) is 35.5. The highest BCUT2D eigenvalue weighted by Gasteiger charge is 2.25. The third-order valence-corrected chi connectivity index (χ3v) is 4.72. The molecular formula is C24H31N3O6. The summed E-state index contributed by atoms with van der Waals surface area (Å²) in [6.07, 6.45) is 1.77. The van der Waals surface area contributed by atoms with Crippen LogP contribution in [0.25, 0.3) is 0 Å². The molecule has 0 fully saturated rings. The lowest BCUT2D eigenvalue weighted by Crippen LogP contribution is -2.49. The van der Waals surface area contributed by atoms with Gasteiger partial charge in [0, 0.05) is 19.0 Å². The fourth-order valence-electron chi connectivity index (χ4n) is 3.17. The van der Waals surface area contributed by atoms with Crippen molar-refractivity contribution in [3.63, 3.8) is 0 Å². The number of hydrogen-bond acceptors (Lipinski definition) is 6. The molecule has 3 N–H and O–H groups in total. The summed E-state index contributed by atoms with van der Waals surface area (Å²) < 4.78 is 5.25. The molecule has 0 aliphatic heterocycles. The molecule has 0 saturated carbocycles. The van der Waals surface area contributed by atoms with Crippen LogP contribution in [0, 0.1) is 10.1 Å². The van der Waals surface area contributed by atoms with Gasteiger partial charge >= 0.3 is 11.8 Å². The molecule has 0 aromatic heterocycles. The summed E-state index contributed by atoms with van der Waals surface area (Å²) in [6.45, 7) is 5.54. The second-order valence-electron chi connectivity index (χ2n) is 8.72. The van der Waals surface area contributed by atoms with Crippen molar-refractivity contribution in [2.24, 2.45) is 0 Å². The summed E-state index contributed by atoms with van der Waals surface area (Å²) in [7, 11) is 0. The average Bonchev–Trinajstić information content (AvgIpc) is 2.73. The third kappa shape index (κ3) is 9.18. The molecule has 9 heteroatoms. The number of phenols is 1. The van der Waals surface area contributed by atoms with Crippen molar-refractivity contribution in [1.29, 1.82) is 0 Å². The second kappa shape index (κ2) is 11.8. The molecule has 2 amide bonds. The van der Waals surface area contributed by atoms with Crippen molar-refractivity contribution < 1.29 is 24.4 Å². The fourth-order valence-corrected chi connectivity index (χ4v) is 3.17. The maximum absolute atomic E-state index is 12.8. The maximum Gasteiger partial charge on any atom is 0.408 e. The molecule has 9 nitrogen and oxygen atoms in total. The lowest BCUT2D eigenvalue weighted by molar-refractivity contribution is -0.385. The summed E-state index contributed by atoms with van der Waals surface area (Å²) in [5, 5.41) is 26.1. The van der Waals surface area contributed by atoms with Gasteiger partial charge in [-0.3, -0.25) is 14.9 Å². The molecule has 178 valence electrons. The van der Waals surface area contributed by atoms with E-state index in [0.717, 1.165) is 19.3 Å². The molecule has 0 heterocycles. The number of nitro benzene ring substituents is 1. The maximum atomic E-state index is 12.8. The number of amides is 2. The molecular weight excluding hydrogens is 426 g/mol. The van der Waals surface area contributed by atoms with Crippen LogP contribution in [0.1, 0.15) is 44.7 Å². The summed E-state index contributed by atoms with van der Waals surface area (Å²) >= 11 is 0. The highest BCUT2D eigenvalue weighted by atomic mass is 16.6. The Morgan fingerprint density at radius 1 is 1.09 bits per heavy atom. The van der Waals surface area contributed by atoms with Crippen molar-refractivity contribution in [3.8, 4) is 5.75 Å². The third-order valence-electron chi connectivity index (χ3n) is 4.72. The Morgan fingerprint density at radius 3 is 2.42 bits per heavy atom. The van der Waals surface area contributed by atoms with Gasteiger partial charge in [0.2, 0.25) is 5.91 Å². The topological polar surface area (TPSA) is 131 Å². The molecule has 2 aromatic rings. The largest absolute Gasteiger partial charge is 0.502 e. The van der Waals surface area contributed by atoms with E-state index in [2.05, 4.69) is 22.8 Å². The SMILES string of the molecule is CC(C)(C)OC(=O)NC(Cc1ccc(O)c([N+](=O)[O-])c1)C(=O)NCCCCc1ccccc1. The number of ether oxygens (including phenoxy) is 1. The number of aryl methyl sites for hydroxylation is 1. The van der Waals surface area contributed by atoms with Crippen LogP contribution >= 0.6 is 0 Å². The molecule has 0 aliphatic rings. The number of phenolic OH excluding ortho intramolecular Hbond substituents is 1. The van der Waals surface area contributed by atoms with E-state index >= 15 is 0 Å². The minimum absolute atomic E-state index is 0.00376. The van der Waals surface area contributed by atoms with Crippen LogP contribution in [-0.4, -0.2) is 40.2 Å². The molecule has 0 radical (unpaired) electrons. The van der Waals surface area contributed by atoms with Crippen molar-refractivity contribution in [3.05, 3.63) is 69.8 Å². The zero-order valence-corrected chi connectivity index (χ0v) is 19.2. The molecule has 0 saturated heterocycles. The Bertz CT molecular complexity index is 956. The van der Waals surface area contributed by atoms with Gasteiger partial charge in [-0.1, -0.05) is 36.4 Å². The Kier molecular flexibility index (Phi) is 9.20. The lowest BCUT2D eigenvalue weighted by atomic mass is 10.0. The summed E-state index contributed by atoms with van der Waals surface area (Å²) in [6, 6.07) is 12.9. The fraction of sp³-hybridized carbons (Fsp3) is 0.417. The number of nitro groups is 1. The number of nitrogens with zero attached hydrogens (tertiary/aromatic N) is 1. The smallest absolute Gasteiger partial charge is 0.408 e. The molecule has 2 rings (SSSR count). The molecule has 0 aliphatic carbocycles. The van der Waals surface area contributed by atoms with Gasteiger partial charge in [-0.2, -0.15) is 0 Å². The molecule has 33 heavy (non-hydrogen) atoms. The standard InChI is InChI=1S/C24H31N3O6/c1-24(2,3)33-23(30)26-19(15-18-12-13-21(28)20(16-18)27(31)32)22(29)25-14-8-7-11-17-9-5-4-6-10-17/h4-6,9-10,12-13,16,19,28H,7-8,11,14-15H2,1-3H3,(H,25,29)(H,26,30). The zero-order chi connectivity index (χ0) is 24.4. The van der Waals surface area contributed by atoms with E-state index < -0.39 is 40.0 Å². The van der Waals surface area contributed by atoms with Gasteiger partial charge in [0.05, 0.1) is 4.92 Å². The molecule has 0 spiro atoms. The first-order valence-corrected chi connectivity index (χ1v) is 10.8. The van der Waals surface area contributed by atoms with Gasteiger partial charge in [-0.25, -0.2) is 4.79 Å². The number of carbonyl (C=O) groups is 2. The quantitative estimate of drug-likeness (QED) is 0.282. The van der Waals surface area contributed by atoms with Crippen LogP contribution in [0.15, 0.2) is 48.5 Å². The van der Waals surface area contributed by atoms with Gasteiger partial charge in [0.25, 0.3) is 0 Å². The lowest BCUT2D eigenvalue weighted by Gasteiger charge is -2.23. The first-order valence-electron chi connectivity index (χ1n) is 10.8. The van der Waals surface area contributed by atoms with E-state index in [4.69, 9.17) is 4.74 Å². The number of nitrogens with one attached hydrogen (secondary N) is 2. The number of hydrogen-bond donors (Lipinski definition) is 3. The minimum atomic E-state index is -1.00. The van der Waals surface area contributed by atoms with E-state index in [1.165, 1.54) is 23.8 Å². The molecule has 1 atom stereocenters. The highest BCUT2D eigenvalue weighted by molar-refractivity contribution is 5.86. The summed E-state index contributed by atoms with van der Waals surface area (Å²) in [5.74, 6) is -0.889. The zero-order valence-electron chi connectivity index (χ0n) is 19.2. The predicted molar refractivity (Wildman–Crippen MR) is 124 cm³/mol. The van der Waals surface area contributed by atoms with Crippen LogP contribution in [0.5, 0.6) is 5.75 Å². The van der Waals surface area contributed by atoms with Crippen LogP contribution in [0.3, 0.4) is 0 Å². The second-order valence-corrected chi connectivity index (χ2v) is 8.72. The Labute approximate surface area is 193 Å². The monoisotopic (exact) mass is 457 g/mol. The number of carbonyl (C=O) groups excluding carboxylic acids is 2. The Hall–Kier alpha value is -3.62. The number of unbranched alkanes of at least 4 members (excludes halogenated alkanes) is 1. The van der Waals surface area contributed by atoms with Gasteiger partial charge in [0.15, 0.2) is 5.75 Å².